The van der Waals surface area contributed by atoms with Gasteiger partial charge in [0.05, 0.1) is 28.9 Å². The Bertz CT molecular complexity index is 548. The lowest BCUT2D eigenvalue weighted by Gasteiger charge is -2.38. The second-order valence-electron chi connectivity index (χ2n) is 5.92. The Balaban J connectivity index is 1.98. The van der Waals surface area contributed by atoms with Crippen molar-refractivity contribution in [2.24, 2.45) is 11.7 Å². The molecule has 1 fully saturated rings. The lowest BCUT2D eigenvalue weighted by atomic mass is 10.0. The van der Waals surface area contributed by atoms with E-state index in [-0.39, 0.29) is 5.92 Å². The topological polar surface area (TPSA) is 58.8 Å². The SMILES string of the molecule is COc1cc(N2CCN(CC(C)C(N)C=O)CC2)c(Cl)cc1Cl. The Morgan fingerprint density at radius 3 is 2.48 bits per heavy atom. The first-order valence-electron chi connectivity index (χ1n) is 7.67. The van der Waals surface area contributed by atoms with Gasteiger partial charge < -0.3 is 20.2 Å². The number of nitrogens with two attached hydrogens (primary N) is 1. The Morgan fingerprint density at radius 2 is 1.91 bits per heavy atom. The number of halogens is 2. The lowest BCUT2D eigenvalue weighted by molar-refractivity contribution is -0.109. The molecular formula is C16H23Cl2N3O2. The predicted molar refractivity (Wildman–Crippen MR) is 94.9 cm³/mol. The normalized spacial score (nSPS) is 18.6. The van der Waals surface area contributed by atoms with Gasteiger partial charge in [-0.1, -0.05) is 30.1 Å². The minimum absolute atomic E-state index is 0.151. The number of rotatable bonds is 6. The maximum atomic E-state index is 10.8. The van der Waals surface area contributed by atoms with Gasteiger partial charge in [0.25, 0.3) is 0 Å². The maximum Gasteiger partial charge on any atom is 0.139 e. The molecule has 0 aromatic heterocycles. The van der Waals surface area contributed by atoms with E-state index in [1.165, 1.54) is 0 Å². The van der Waals surface area contributed by atoms with Gasteiger partial charge in [-0.3, -0.25) is 4.90 Å². The summed E-state index contributed by atoms with van der Waals surface area (Å²) in [7, 11) is 1.59. The van der Waals surface area contributed by atoms with Gasteiger partial charge in [-0.25, -0.2) is 0 Å². The van der Waals surface area contributed by atoms with Crippen LogP contribution in [0, 0.1) is 5.92 Å². The zero-order chi connectivity index (χ0) is 17.0. The molecule has 0 spiro atoms. The van der Waals surface area contributed by atoms with Gasteiger partial charge in [0, 0.05) is 38.8 Å². The van der Waals surface area contributed by atoms with E-state index in [1.807, 2.05) is 13.0 Å². The maximum absolute atomic E-state index is 10.8. The zero-order valence-electron chi connectivity index (χ0n) is 13.5. The summed E-state index contributed by atoms with van der Waals surface area (Å²) in [5.41, 5.74) is 6.70. The Hall–Kier alpha value is -1.01. The number of anilines is 1. The number of methoxy groups -OCH3 is 1. The van der Waals surface area contributed by atoms with Gasteiger partial charge in [-0.2, -0.15) is 0 Å². The number of piperazine rings is 1. The van der Waals surface area contributed by atoms with Crippen molar-refractivity contribution in [3.63, 3.8) is 0 Å². The number of carbonyl (C=O) groups excluding carboxylic acids is 1. The zero-order valence-corrected chi connectivity index (χ0v) is 15.0. The standard InChI is InChI=1S/C16H23Cl2N3O2/c1-11(14(19)10-22)9-20-3-5-21(6-4-20)15-8-16(23-2)13(18)7-12(15)17/h7-8,10-11,14H,3-6,9,19H2,1-2H3. The molecule has 0 radical (unpaired) electrons. The fourth-order valence-corrected chi connectivity index (χ4v) is 3.33. The summed E-state index contributed by atoms with van der Waals surface area (Å²) in [6.45, 7) is 6.34. The molecule has 0 bridgehead atoms. The average molecular weight is 360 g/mol. The molecule has 23 heavy (non-hydrogen) atoms. The summed E-state index contributed by atoms with van der Waals surface area (Å²) in [6, 6.07) is 3.20. The van der Waals surface area contributed by atoms with E-state index in [1.54, 1.807) is 13.2 Å². The van der Waals surface area contributed by atoms with Crippen LogP contribution in [0.1, 0.15) is 6.92 Å². The summed E-state index contributed by atoms with van der Waals surface area (Å²) < 4.78 is 5.27. The molecule has 1 aliphatic heterocycles. The van der Waals surface area contributed by atoms with Crippen molar-refractivity contribution in [2.45, 2.75) is 13.0 Å². The van der Waals surface area contributed by atoms with Gasteiger partial charge >= 0.3 is 0 Å². The van der Waals surface area contributed by atoms with E-state index in [4.69, 9.17) is 33.7 Å². The molecule has 1 aromatic rings. The molecule has 2 rings (SSSR count). The third kappa shape index (κ3) is 4.51. The van der Waals surface area contributed by atoms with E-state index in [0.717, 1.165) is 44.7 Å². The molecule has 0 aliphatic carbocycles. The summed E-state index contributed by atoms with van der Waals surface area (Å²) in [4.78, 5) is 15.3. The van der Waals surface area contributed by atoms with Crippen molar-refractivity contribution < 1.29 is 9.53 Å². The van der Waals surface area contributed by atoms with E-state index in [0.29, 0.717) is 15.8 Å². The van der Waals surface area contributed by atoms with Gasteiger partial charge in [0.15, 0.2) is 0 Å². The summed E-state index contributed by atoms with van der Waals surface area (Å²) in [5.74, 6) is 0.775. The number of benzene rings is 1. The third-order valence-corrected chi connectivity index (χ3v) is 4.89. The highest BCUT2D eigenvalue weighted by molar-refractivity contribution is 6.37. The Labute approximate surface area is 147 Å². The molecule has 5 nitrogen and oxygen atoms in total. The first kappa shape index (κ1) is 18.3. The number of hydrogen-bond donors (Lipinski definition) is 1. The fourth-order valence-electron chi connectivity index (χ4n) is 2.75. The fraction of sp³-hybridized carbons (Fsp3) is 0.562. The average Bonchev–Trinajstić information content (AvgIpc) is 2.55. The molecule has 1 aromatic carbocycles. The molecular weight excluding hydrogens is 337 g/mol. The third-order valence-electron chi connectivity index (χ3n) is 4.29. The number of aldehydes is 1. The van der Waals surface area contributed by atoms with Gasteiger partial charge in [-0.15, -0.1) is 0 Å². The van der Waals surface area contributed by atoms with Crippen LogP contribution in [0.2, 0.25) is 10.0 Å². The van der Waals surface area contributed by atoms with Crippen LogP contribution in [0.5, 0.6) is 5.75 Å². The largest absolute Gasteiger partial charge is 0.495 e. The van der Waals surface area contributed by atoms with Crippen molar-refractivity contribution in [3.05, 3.63) is 22.2 Å². The molecule has 128 valence electrons. The second-order valence-corrected chi connectivity index (χ2v) is 6.73. The van der Waals surface area contributed by atoms with Gasteiger partial charge in [-0.05, 0) is 12.0 Å². The van der Waals surface area contributed by atoms with Crippen molar-refractivity contribution in [1.82, 2.24) is 4.90 Å². The van der Waals surface area contributed by atoms with Gasteiger partial charge in [0.2, 0.25) is 0 Å². The molecule has 2 atom stereocenters. The van der Waals surface area contributed by atoms with Crippen molar-refractivity contribution >= 4 is 35.2 Å². The smallest absolute Gasteiger partial charge is 0.139 e. The number of hydrogen-bond acceptors (Lipinski definition) is 5. The molecule has 2 N–H and O–H groups in total. The highest BCUT2D eigenvalue weighted by Gasteiger charge is 2.23. The molecule has 1 heterocycles. The van der Waals surface area contributed by atoms with Gasteiger partial charge in [0.1, 0.15) is 12.0 Å². The van der Waals surface area contributed by atoms with Crippen molar-refractivity contribution in [1.29, 1.82) is 0 Å². The van der Waals surface area contributed by atoms with Crippen LogP contribution >= 0.6 is 23.2 Å². The first-order chi connectivity index (χ1) is 11.0. The highest BCUT2D eigenvalue weighted by Crippen LogP contribution is 2.36. The van der Waals surface area contributed by atoms with Crippen LogP contribution in [-0.4, -0.2) is 57.1 Å². The van der Waals surface area contributed by atoms with Crippen molar-refractivity contribution in [3.8, 4) is 5.75 Å². The van der Waals surface area contributed by atoms with E-state index < -0.39 is 6.04 Å². The first-order valence-corrected chi connectivity index (χ1v) is 8.43. The van der Waals surface area contributed by atoms with Crippen LogP contribution in [0.4, 0.5) is 5.69 Å². The monoisotopic (exact) mass is 359 g/mol. The predicted octanol–water partition coefficient (Wildman–Crippen LogP) is 2.29. The van der Waals surface area contributed by atoms with E-state index >= 15 is 0 Å². The summed E-state index contributed by atoms with van der Waals surface area (Å²) in [6.07, 6.45) is 0.820. The van der Waals surface area contributed by atoms with Crippen LogP contribution in [0.15, 0.2) is 12.1 Å². The molecule has 2 unspecified atom stereocenters. The summed E-state index contributed by atoms with van der Waals surface area (Å²) >= 11 is 12.4. The molecule has 7 heteroatoms. The second kappa shape index (κ2) is 8.20. The Morgan fingerprint density at radius 1 is 1.26 bits per heavy atom. The van der Waals surface area contributed by atoms with E-state index in [9.17, 15) is 4.79 Å². The van der Waals surface area contributed by atoms with Crippen LogP contribution in [-0.2, 0) is 4.79 Å². The molecule has 1 aliphatic rings. The van der Waals surface area contributed by atoms with Crippen molar-refractivity contribution in [2.75, 3.05) is 44.7 Å². The number of nitrogens with zero attached hydrogens (tertiary/aromatic N) is 2. The quantitative estimate of drug-likeness (QED) is 0.789. The molecule has 0 amide bonds. The van der Waals surface area contributed by atoms with Crippen LogP contribution in [0.3, 0.4) is 0 Å². The molecule has 0 saturated carbocycles. The minimum atomic E-state index is -0.400. The minimum Gasteiger partial charge on any atom is -0.495 e. The Kier molecular flexibility index (Phi) is 6.53. The number of ether oxygens (including phenoxy) is 1. The lowest BCUT2D eigenvalue weighted by Crippen LogP contribution is -2.49. The summed E-state index contributed by atoms with van der Waals surface area (Å²) in [5, 5.41) is 1.14. The van der Waals surface area contributed by atoms with Crippen LogP contribution in [0.25, 0.3) is 0 Å². The highest BCUT2D eigenvalue weighted by atomic mass is 35.5. The molecule has 1 saturated heterocycles. The number of carbonyl (C=O) groups is 1. The van der Waals surface area contributed by atoms with E-state index in [2.05, 4.69) is 9.80 Å². The van der Waals surface area contributed by atoms with Crippen LogP contribution < -0.4 is 15.4 Å².